The lowest BCUT2D eigenvalue weighted by Crippen LogP contribution is -2.49. The number of methoxy groups -OCH3 is 1. The van der Waals surface area contributed by atoms with Crippen LogP contribution >= 0.6 is 11.8 Å². The molecule has 0 bridgehead atoms. The quantitative estimate of drug-likeness (QED) is 0.745. The van der Waals surface area contributed by atoms with Gasteiger partial charge in [0.15, 0.2) is 0 Å². The number of urea groups is 1. The van der Waals surface area contributed by atoms with Gasteiger partial charge < -0.3 is 15.4 Å². The van der Waals surface area contributed by atoms with Gasteiger partial charge in [0.2, 0.25) is 5.91 Å². The molecule has 6 nitrogen and oxygen atoms in total. The number of anilines is 1. The molecule has 0 aliphatic carbocycles. The lowest BCUT2D eigenvalue weighted by Gasteiger charge is -2.30. The summed E-state index contributed by atoms with van der Waals surface area (Å²) in [6, 6.07) is 14.4. The van der Waals surface area contributed by atoms with Crippen LogP contribution in [0.2, 0.25) is 0 Å². The number of nitrogens with zero attached hydrogens (tertiary/aromatic N) is 1. The van der Waals surface area contributed by atoms with Crippen molar-refractivity contribution < 1.29 is 14.3 Å². The molecule has 1 aliphatic rings. The molecule has 0 unspecified atom stereocenters. The van der Waals surface area contributed by atoms with E-state index in [2.05, 4.69) is 10.6 Å². The van der Waals surface area contributed by atoms with Crippen molar-refractivity contribution in [1.29, 1.82) is 0 Å². The molecule has 154 valence electrons. The Morgan fingerprint density at radius 3 is 2.62 bits per heavy atom. The number of ether oxygens (including phenoxy) is 1. The summed E-state index contributed by atoms with van der Waals surface area (Å²) in [5, 5.41) is 5.63. The molecule has 2 atom stereocenters. The van der Waals surface area contributed by atoms with E-state index in [-0.39, 0.29) is 17.3 Å². The Morgan fingerprint density at radius 2 is 1.90 bits per heavy atom. The number of hydrogen-bond acceptors (Lipinski definition) is 4. The van der Waals surface area contributed by atoms with E-state index in [0.717, 1.165) is 17.5 Å². The molecule has 0 aromatic heterocycles. The van der Waals surface area contributed by atoms with Gasteiger partial charge in [-0.3, -0.25) is 9.69 Å². The van der Waals surface area contributed by atoms with Gasteiger partial charge in [-0.2, -0.15) is 0 Å². The fourth-order valence-corrected chi connectivity index (χ4v) is 4.88. The van der Waals surface area contributed by atoms with Crippen LogP contribution in [-0.2, 0) is 4.79 Å². The van der Waals surface area contributed by atoms with Crippen LogP contribution in [0.5, 0.6) is 5.75 Å². The number of amides is 3. The van der Waals surface area contributed by atoms with Crippen LogP contribution in [0, 0.1) is 6.92 Å². The number of benzene rings is 2. The number of nitrogens with one attached hydrogen (secondary N) is 2. The summed E-state index contributed by atoms with van der Waals surface area (Å²) in [6.45, 7) is 4.62. The van der Waals surface area contributed by atoms with Gasteiger partial charge in [-0.15, -0.1) is 11.8 Å². The highest BCUT2D eigenvalue weighted by Crippen LogP contribution is 2.43. The van der Waals surface area contributed by atoms with Crippen molar-refractivity contribution in [3.63, 3.8) is 0 Å². The number of rotatable bonds is 6. The number of carbonyl (C=O) groups is 2. The first kappa shape index (κ1) is 21.0. The van der Waals surface area contributed by atoms with Crippen molar-refractivity contribution in [2.24, 2.45) is 0 Å². The van der Waals surface area contributed by atoms with Crippen LogP contribution in [0.3, 0.4) is 0 Å². The predicted molar refractivity (Wildman–Crippen MR) is 117 cm³/mol. The Hall–Kier alpha value is -2.67. The lowest BCUT2D eigenvalue weighted by atomic mass is 10.1. The molecule has 3 amide bonds. The van der Waals surface area contributed by atoms with E-state index in [0.29, 0.717) is 23.7 Å². The fourth-order valence-electron chi connectivity index (χ4n) is 3.35. The maximum Gasteiger partial charge on any atom is 0.323 e. The van der Waals surface area contributed by atoms with E-state index in [4.69, 9.17) is 4.74 Å². The Morgan fingerprint density at radius 1 is 1.17 bits per heavy atom. The van der Waals surface area contributed by atoms with E-state index in [1.165, 1.54) is 0 Å². The van der Waals surface area contributed by atoms with Gasteiger partial charge in [0.25, 0.3) is 0 Å². The highest BCUT2D eigenvalue weighted by Gasteiger charge is 2.42. The summed E-state index contributed by atoms with van der Waals surface area (Å²) in [7, 11) is 1.56. The van der Waals surface area contributed by atoms with Crippen LogP contribution in [-0.4, -0.2) is 42.3 Å². The van der Waals surface area contributed by atoms with Gasteiger partial charge in [0, 0.05) is 12.3 Å². The van der Waals surface area contributed by atoms with Crippen LogP contribution in [0.15, 0.2) is 48.5 Å². The monoisotopic (exact) mass is 413 g/mol. The second-order valence-electron chi connectivity index (χ2n) is 6.89. The first-order chi connectivity index (χ1) is 14.1. The Labute approximate surface area is 176 Å². The molecular weight excluding hydrogens is 386 g/mol. The maximum atomic E-state index is 13.3. The molecule has 3 rings (SSSR count). The van der Waals surface area contributed by atoms with Crippen LogP contribution in [0.4, 0.5) is 10.5 Å². The number of carbonyl (C=O) groups excluding carboxylic acids is 2. The number of thioether (sulfide) groups is 1. The van der Waals surface area contributed by atoms with Gasteiger partial charge in [-0.1, -0.05) is 43.3 Å². The Bertz CT molecular complexity index is 874. The summed E-state index contributed by atoms with van der Waals surface area (Å²) in [5.41, 5.74) is 2.71. The largest absolute Gasteiger partial charge is 0.495 e. The first-order valence-electron chi connectivity index (χ1n) is 9.74. The summed E-state index contributed by atoms with van der Waals surface area (Å²) < 4.78 is 5.35. The average Bonchev–Trinajstić information content (AvgIpc) is 3.18. The summed E-state index contributed by atoms with van der Waals surface area (Å²) in [5.74, 6) is 1.01. The minimum absolute atomic E-state index is 0.120. The average molecular weight is 414 g/mol. The molecular formula is C22H27N3O3S. The molecule has 1 aliphatic heterocycles. The predicted octanol–water partition coefficient (Wildman–Crippen LogP) is 4.18. The minimum atomic E-state index is -0.536. The Kier molecular flexibility index (Phi) is 7.04. The fraction of sp³-hybridized carbons (Fsp3) is 0.364. The van der Waals surface area contributed by atoms with Gasteiger partial charge in [0.05, 0.1) is 12.8 Å². The highest BCUT2D eigenvalue weighted by atomic mass is 32.2. The molecule has 7 heteroatoms. The molecule has 1 heterocycles. The molecule has 29 heavy (non-hydrogen) atoms. The molecule has 0 saturated carbocycles. The van der Waals surface area contributed by atoms with Crippen molar-refractivity contribution in [3.8, 4) is 5.75 Å². The maximum absolute atomic E-state index is 13.3. The van der Waals surface area contributed by atoms with Crippen molar-refractivity contribution >= 4 is 29.4 Å². The Balaban J connectivity index is 1.91. The highest BCUT2D eigenvalue weighted by molar-refractivity contribution is 7.99. The molecule has 0 spiro atoms. The minimum Gasteiger partial charge on any atom is -0.495 e. The van der Waals surface area contributed by atoms with E-state index in [9.17, 15) is 9.59 Å². The SMILES string of the molecule is CCCNC(=O)[C@H]1CS[C@@H](c2ccccc2C)N1C(=O)Nc1ccccc1OC. The van der Waals surface area contributed by atoms with Crippen LogP contribution < -0.4 is 15.4 Å². The third-order valence-electron chi connectivity index (χ3n) is 4.89. The summed E-state index contributed by atoms with van der Waals surface area (Å²) >= 11 is 1.61. The van der Waals surface area contributed by atoms with Gasteiger partial charge >= 0.3 is 6.03 Å². The van der Waals surface area contributed by atoms with E-state index in [1.807, 2.05) is 50.2 Å². The first-order valence-corrected chi connectivity index (χ1v) is 10.8. The lowest BCUT2D eigenvalue weighted by molar-refractivity contribution is -0.124. The number of hydrogen-bond donors (Lipinski definition) is 2. The van der Waals surface area contributed by atoms with Crippen molar-refractivity contribution in [3.05, 3.63) is 59.7 Å². The van der Waals surface area contributed by atoms with Gasteiger partial charge in [-0.25, -0.2) is 4.79 Å². The topological polar surface area (TPSA) is 70.7 Å². The second-order valence-corrected chi connectivity index (χ2v) is 8.00. The summed E-state index contributed by atoms with van der Waals surface area (Å²) in [4.78, 5) is 27.8. The van der Waals surface area contributed by atoms with Gasteiger partial charge in [0.1, 0.15) is 17.2 Å². The molecule has 0 radical (unpaired) electrons. The third-order valence-corrected chi connectivity index (χ3v) is 6.19. The van der Waals surface area contributed by atoms with Crippen molar-refractivity contribution in [2.45, 2.75) is 31.7 Å². The zero-order chi connectivity index (χ0) is 20.8. The van der Waals surface area contributed by atoms with Crippen LogP contribution in [0.1, 0.15) is 29.8 Å². The van der Waals surface area contributed by atoms with Crippen LogP contribution in [0.25, 0.3) is 0 Å². The molecule has 2 N–H and O–H groups in total. The molecule has 2 aromatic rings. The second kappa shape index (κ2) is 9.69. The zero-order valence-electron chi connectivity index (χ0n) is 17.0. The summed E-state index contributed by atoms with van der Waals surface area (Å²) in [6.07, 6.45) is 0.847. The molecule has 2 aromatic carbocycles. The smallest absolute Gasteiger partial charge is 0.323 e. The van der Waals surface area contributed by atoms with E-state index >= 15 is 0 Å². The molecule has 1 saturated heterocycles. The van der Waals surface area contributed by atoms with E-state index < -0.39 is 6.04 Å². The van der Waals surface area contributed by atoms with E-state index in [1.54, 1.807) is 35.9 Å². The number of aryl methyl sites for hydroxylation is 1. The van der Waals surface area contributed by atoms with Gasteiger partial charge in [-0.05, 0) is 36.6 Å². The normalized spacial score (nSPS) is 18.4. The van der Waals surface area contributed by atoms with Crippen molar-refractivity contribution in [1.82, 2.24) is 10.2 Å². The van der Waals surface area contributed by atoms with Crippen molar-refractivity contribution in [2.75, 3.05) is 24.7 Å². The molecule has 1 fully saturated rings. The zero-order valence-corrected chi connectivity index (χ0v) is 17.8. The third kappa shape index (κ3) is 4.67. The number of para-hydroxylation sites is 2. The standard InChI is InChI=1S/C22H27N3O3S/c1-4-13-23-20(26)18-14-29-21(16-10-6-5-9-15(16)2)25(18)22(27)24-17-11-7-8-12-19(17)28-3/h5-12,18,21H,4,13-14H2,1-3H3,(H,23,26)(H,24,27)/t18-,21+/m1/s1.